The summed E-state index contributed by atoms with van der Waals surface area (Å²) in [6, 6.07) is 6.15. The predicted octanol–water partition coefficient (Wildman–Crippen LogP) is 4.98. The smallest absolute Gasteiger partial charge is 0.306 e. The number of allylic oxidation sites excluding steroid dienone is 2. The number of hydrogen-bond acceptors (Lipinski definition) is 7. The summed E-state index contributed by atoms with van der Waals surface area (Å²) in [5, 5.41) is 0. The molecule has 1 aromatic carbocycles. The minimum atomic E-state index is -0.151. The van der Waals surface area contributed by atoms with Gasteiger partial charge in [0.25, 0.3) is 0 Å². The van der Waals surface area contributed by atoms with Gasteiger partial charge in [-0.15, -0.1) is 0 Å². The summed E-state index contributed by atoms with van der Waals surface area (Å²) in [7, 11) is 2.01. The molecule has 0 saturated heterocycles. The second-order valence-corrected chi connectivity index (χ2v) is 8.75. The Hall–Kier alpha value is -3.35. The molecular weight excluding hydrogens is 430 g/mol. The van der Waals surface area contributed by atoms with E-state index in [2.05, 4.69) is 27.0 Å². The quantitative estimate of drug-likeness (QED) is 0.488. The van der Waals surface area contributed by atoms with Crippen LogP contribution in [0, 0.1) is 6.92 Å². The minimum absolute atomic E-state index is 0.151. The molecule has 2 heterocycles. The second-order valence-electron chi connectivity index (χ2n) is 8.75. The lowest BCUT2D eigenvalue weighted by Gasteiger charge is -2.21. The lowest BCUT2D eigenvalue weighted by Crippen LogP contribution is -2.22. The van der Waals surface area contributed by atoms with Crippen molar-refractivity contribution in [2.45, 2.75) is 52.9 Å². The molecular formula is C27H33N3O4. The summed E-state index contributed by atoms with van der Waals surface area (Å²) in [4.78, 5) is 23.2. The molecule has 0 amide bonds. The number of esters is 1. The Bertz CT molecular complexity index is 1140. The number of fused-ring (bicyclic) bond motifs is 1. The van der Waals surface area contributed by atoms with E-state index >= 15 is 0 Å². The fourth-order valence-electron chi connectivity index (χ4n) is 4.48. The molecule has 4 rings (SSSR count). The Labute approximate surface area is 201 Å². The molecule has 0 atom stereocenters. The van der Waals surface area contributed by atoms with E-state index in [1.165, 1.54) is 16.7 Å². The summed E-state index contributed by atoms with van der Waals surface area (Å²) >= 11 is 0. The van der Waals surface area contributed by atoms with Crippen molar-refractivity contribution in [3.05, 3.63) is 58.9 Å². The van der Waals surface area contributed by atoms with Crippen LogP contribution in [0.1, 0.15) is 61.6 Å². The van der Waals surface area contributed by atoms with Crippen LogP contribution >= 0.6 is 0 Å². The van der Waals surface area contributed by atoms with E-state index in [0.717, 1.165) is 48.0 Å². The Balaban J connectivity index is 1.40. The van der Waals surface area contributed by atoms with E-state index in [0.29, 0.717) is 38.4 Å². The monoisotopic (exact) mass is 463 g/mol. The highest BCUT2D eigenvalue weighted by atomic mass is 16.5. The Kier molecular flexibility index (Phi) is 7.50. The number of hydrogen-bond donors (Lipinski definition) is 0. The number of nitrogens with zero attached hydrogens (tertiary/aromatic N) is 3. The van der Waals surface area contributed by atoms with Crippen LogP contribution in [0.15, 0.2) is 39.9 Å². The molecule has 180 valence electrons. The molecule has 7 heteroatoms. The average Bonchev–Trinajstić information content (AvgIpc) is 3.18. The number of oxazole rings is 1. The third kappa shape index (κ3) is 5.58. The summed E-state index contributed by atoms with van der Waals surface area (Å²) in [6.45, 7) is 7.50. The molecule has 0 saturated carbocycles. The molecule has 0 bridgehead atoms. The average molecular weight is 464 g/mol. The van der Waals surface area contributed by atoms with Gasteiger partial charge in [-0.05, 0) is 57.2 Å². The number of aryl methyl sites for hydroxylation is 1. The van der Waals surface area contributed by atoms with Crippen LogP contribution in [0.5, 0.6) is 5.75 Å². The first-order valence-electron chi connectivity index (χ1n) is 12.0. The summed E-state index contributed by atoms with van der Waals surface area (Å²) in [5.74, 6) is 2.09. The molecule has 0 radical (unpaired) electrons. The summed E-state index contributed by atoms with van der Waals surface area (Å²) in [5.41, 5.74) is 6.25. The number of aromatic nitrogens is 1. The van der Waals surface area contributed by atoms with Crippen molar-refractivity contribution in [2.75, 3.05) is 26.8 Å². The van der Waals surface area contributed by atoms with Crippen molar-refractivity contribution in [1.82, 2.24) is 9.88 Å². The van der Waals surface area contributed by atoms with Crippen LogP contribution in [-0.4, -0.2) is 48.4 Å². The molecule has 0 unspecified atom stereocenters. The third-order valence-corrected chi connectivity index (χ3v) is 6.01. The van der Waals surface area contributed by atoms with Crippen molar-refractivity contribution in [2.24, 2.45) is 4.99 Å². The van der Waals surface area contributed by atoms with Crippen LogP contribution in [-0.2, 0) is 22.4 Å². The van der Waals surface area contributed by atoms with Crippen molar-refractivity contribution < 1.29 is 18.7 Å². The topological polar surface area (TPSA) is 77.2 Å². The molecule has 0 fully saturated rings. The van der Waals surface area contributed by atoms with Crippen LogP contribution in [0.2, 0.25) is 0 Å². The van der Waals surface area contributed by atoms with Gasteiger partial charge >= 0.3 is 5.97 Å². The van der Waals surface area contributed by atoms with Gasteiger partial charge in [-0.1, -0.05) is 18.2 Å². The maximum Gasteiger partial charge on any atom is 0.306 e. The van der Waals surface area contributed by atoms with Crippen molar-refractivity contribution >= 4 is 23.0 Å². The predicted molar refractivity (Wildman–Crippen MR) is 133 cm³/mol. The van der Waals surface area contributed by atoms with Crippen LogP contribution < -0.4 is 4.74 Å². The zero-order chi connectivity index (χ0) is 24.1. The van der Waals surface area contributed by atoms with Gasteiger partial charge in [0.2, 0.25) is 5.89 Å². The Morgan fingerprint density at radius 2 is 2.09 bits per heavy atom. The largest absolute Gasteiger partial charge is 0.493 e. The zero-order valence-electron chi connectivity index (χ0n) is 20.5. The maximum atomic E-state index is 11.8. The highest BCUT2D eigenvalue weighted by Crippen LogP contribution is 2.35. The lowest BCUT2D eigenvalue weighted by molar-refractivity contribution is -0.142. The third-order valence-electron chi connectivity index (χ3n) is 6.01. The SMILES string of the molecule is CCOC(=O)CCC1=CCCc2c(OCCc3nc(C4=CN(C)CC(C)=N4)oc3C)cccc21. The molecule has 7 nitrogen and oxygen atoms in total. The fraction of sp³-hybridized carbons (Fsp3) is 0.444. The highest BCUT2D eigenvalue weighted by molar-refractivity contribution is 5.90. The second kappa shape index (κ2) is 10.7. The van der Waals surface area contributed by atoms with E-state index in [-0.39, 0.29) is 5.97 Å². The van der Waals surface area contributed by atoms with Crippen LogP contribution in [0.25, 0.3) is 11.3 Å². The first-order chi connectivity index (χ1) is 16.4. The Morgan fingerprint density at radius 3 is 2.88 bits per heavy atom. The molecule has 34 heavy (non-hydrogen) atoms. The fourth-order valence-corrected chi connectivity index (χ4v) is 4.48. The molecule has 0 N–H and O–H groups in total. The van der Waals surface area contributed by atoms with Gasteiger partial charge in [-0.2, -0.15) is 0 Å². The van der Waals surface area contributed by atoms with Gasteiger partial charge in [0.05, 0.1) is 25.5 Å². The number of carbonyl (C=O) groups excluding carboxylic acids is 1. The lowest BCUT2D eigenvalue weighted by atomic mass is 9.88. The molecule has 2 aliphatic rings. The number of aliphatic imine (C=N–C) groups is 1. The van der Waals surface area contributed by atoms with E-state index in [1.54, 1.807) is 0 Å². The van der Waals surface area contributed by atoms with Crippen molar-refractivity contribution in [3.8, 4) is 5.75 Å². The first-order valence-corrected chi connectivity index (χ1v) is 12.0. The highest BCUT2D eigenvalue weighted by Gasteiger charge is 2.19. The molecule has 2 aromatic rings. The normalized spacial score (nSPS) is 15.3. The molecule has 1 aliphatic heterocycles. The summed E-state index contributed by atoms with van der Waals surface area (Å²) in [6.07, 6.45) is 7.80. The maximum absolute atomic E-state index is 11.8. The van der Waals surface area contributed by atoms with E-state index in [9.17, 15) is 4.79 Å². The number of benzene rings is 1. The van der Waals surface area contributed by atoms with Gasteiger partial charge in [0.15, 0.2) is 0 Å². The minimum Gasteiger partial charge on any atom is -0.493 e. The van der Waals surface area contributed by atoms with Crippen LogP contribution in [0.4, 0.5) is 0 Å². The van der Waals surface area contributed by atoms with Gasteiger partial charge in [-0.3, -0.25) is 4.79 Å². The van der Waals surface area contributed by atoms with E-state index in [4.69, 9.17) is 13.9 Å². The molecule has 1 aromatic heterocycles. The van der Waals surface area contributed by atoms with Gasteiger partial charge in [0, 0.05) is 37.4 Å². The number of rotatable bonds is 9. The van der Waals surface area contributed by atoms with E-state index in [1.807, 2.05) is 46.2 Å². The molecule has 1 aliphatic carbocycles. The number of ether oxygens (including phenoxy) is 2. The van der Waals surface area contributed by atoms with Crippen molar-refractivity contribution in [1.29, 1.82) is 0 Å². The van der Waals surface area contributed by atoms with Gasteiger partial charge in [0.1, 0.15) is 17.2 Å². The first kappa shape index (κ1) is 23.8. The van der Waals surface area contributed by atoms with Crippen molar-refractivity contribution in [3.63, 3.8) is 0 Å². The van der Waals surface area contributed by atoms with Crippen LogP contribution in [0.3, 0.4) is 0 Å². The van der Waals surface area contributed by atoms with Gasteiger partial charge in [-0.25, -0.2) is 9.98 Å². The number of carbonyl (C=O) groups is 1. The molecule has 0 spiro atoms. The van der Waals surface area contributed by atoms with Gasteiger partial charge < -0.3 is 18.8 Å². The zero-order valence-corrected chi connectivity index (χ0v) is 20.5. The Morgan fingerprint density at radius 1 is 1.24 bits per heavy atom. The standard InChI is InChI=1S/C27H33N3O4/c1-5-32-26(31)13-12-20-8-6-10-22-21(20)9-7-11-25(22)33-15-14-23-19(3)34-27(29-23)24-17-30(4)16-18(2)28-24/h7-9,11,17H,5-6,10,12-16H2,1-4H3. The summed E-state index contributed by atoms with van der Waals surface area (Å²) < 4.78 is 17.2. The van der Waals surface area contributed by atoms with E-state index < -0.39 is 0 Å².